The zero-order chi connectivity index (χ0) is 30.8. The Hall–Kier alpha value is -2.53. The molecular weight excluding hydrogens is 584 g/mol. The number of ketones is 1. The summed E-state index contributed by atoms with van der Waals surface area (Å²) in [5.74, 6) is -4.16. The molecule has 3 aliphatic carbocycles. The van der Waals surface area contributed by atoms with Crippen LogP contribution in [0, 0.1) is 22.2 Å². The van der Waals surface area contributed by atoms with Crippen molar-refractivity contribution < 1.29 is 32.3 Å². The molecule has 1 atom stereocenters. The van der Waals surface area contributed by atoms with Crippen LogP contribution in [0.4, 0.5) is 13.2 Å². The average Bonchev–Trinajstić information content (AvgIpc) is 2.88. The molecule has 0 aliphatic heterocycles. The lowest BCUT2D eigenvalue weighted by atomic mass is 9.57. The number of aromatic nitrogens is 1. The molecule has 1 unspecified atom stereocenters. The number of nitrogens with one attached hydrogen (secondary N) is 1. The summed E-state index contributed by atoms with van der Waals surface area (Å²) in [5.41, 5.74) is -3.91. The number of Topliss-reactive ketones (excluding diaryl/α,β-unsaturated/α-hetero) is 1. The first kappa shape index (κ1) is 33.0. The van der Waals surface area contributed by atoms with Gasteiger partial charge in [-0.1, -0.05) is 44.0 Å². The molecular formula is C28H35Cl2F3N4O4. The van der Waals surface area contributed by atoms with E-state index in [1.165, 1.54) is 12.4 Å². The van der Waals surface area contributed by atoms with Gasteiger partial charge in [0, 0.05) is 25.2 Å². The van der Waals surface area contributed by atoms with Crippen LogP contribution >= 0.6 is 23.2 Å². The molecule has 8 nitrogen and oxygen atoms in total. The second-order valence-electron chi connectivity index (χ2n) is 12.0. The first-order valence-corrected chi connectivity index (χ1v) is 14.2. The highest BCUT2D eigenvalue weighted by Crippen LogP contribution is 2.55. The van der Waals surface area contributed by atoms with E-state index in [2.05, 4.69) is 9.98 Å². The van der Waals surface area contributed by atoms with Gasteiger partial charge in [-0.15, -0.1) is 0 Å². The number of hydrogen-bond donors (Lipinski definition) is 1. The second-order valence-corrected chi connectivity index (χ2v) is 12.8. The molecule has 3 aliphatic rings. The van der Waals surface area contributed by atoms with Crippen molar-refractivity contribution in [1.29, 1.82) is 5.41 Å². The van der Waals surface area contributed by atoms with Crippen molar-refractivity contribution in [3.05, 3.63) is 28.0 Å². The predicted molar refractivity (Wildman–Crippen MR) is 150 cm³/mol. The van der Waals surface area contributed by atoms with Crippen molar-refractivity contribution in [2.24, 2.45) is 21.7 Å². The van der Waals surface area contributed by atoms with Gasteiger partial charge in [0.15, 0.2) is 5.78 Å². The molecule has 1 aromatic heterocycles. The van der Waals surface area contributed by atoms with Gasteiger partial charge >= 0.3 is 12.1 Å². The number of aliphatic imine (C=N–C) groups is 1. The molecule has 0 spiro atoms. The van der Waals surface area contributed by atoms with Gasteiger partial charge in [0.1, 0.15) is 11.6 Å². The fraction of sp³-hybridized carbons (Fsp3) is 0.643. The van der Waals surface area contributed by atoms with Crippen LogP contribution in [0.5, 0.6) is 0 Å². The number of amides is 1. The maximum atomic E-state index is 14.5. The molecule has 0 saturated heterocycles. The fourth-order valence-electron chi connectivity index (χ4n) is 5.67. The van der Waals surface area contributed by atoms with Crippen LogP contribution in [-0.2, 0) is 14.3 Å². The molecule has 4 rings (SSSR count). The third-order valence-electron chi connectivity index (χ3n) is 7.73. The largest absolute Gasteiger partial charge is 0.466 e. The average molecular weight is 620 g/mol. The lowest BCUT2D eigenvalue weighted by molar-refractivity contribution is -0.162. The molecule has 3 saturated carbocycles. The van der Waals surface area contributed by atoms with Crippen molar-refractivity contribution in [2.45, 2.75) is 77.9 Å². The predicted octanol–water partition coefficient (Wildman–Crippen LogP) is 6.37. The van der Waals surface area contributed by atoms with Crippen LogP contribution in [0.2, 0.25) is 10.0 Å². The lowest BCUT2D eigenvalue weighted by Gasteiger charge is -2.50. The van der Waals surface area contributed by atoms with E-state index in [-0.39, 0.29) is 54.0 Å². The molecule has 0 aromatic carbocycles. The quantitative estimate of drug-likeness (QED) is 0.186. The Morgan fingerprint density at radius 3 is 2.07 bits per heavy atom. The van der Waals surface area contributed by atoms with Gasteiger partial charge in [0.2, 0.25) is 5.91 Å². The number of nitrogens with zero attached hydrogens (tertiary/aromatic N) is 3. The summed E-state index contributed by atoms with van der Waals surface area (Å²) < 4.78 is 48.8. The van der Waals surface area contributed by atoms with Crippen LogP contribution in [0.1, 0.15) is 76.6 Å². The smallest absolute Gasteiger partial charge is 0.430 e. The van der Waals surface area contributed by atoms with Gasteiger partial charge < -0.3 is 15.0 Å². The summed E-state index contributed by atoms with van der Waals surface area (Å²) in [6, 6.07) is 0. The van der Waals surface area contributed by atoms with Gasteiger partial charge in [-0.2, -0.15) is 13.2 Å². The maximum absolute atomic E-state index is 14.5. The Kier molecular flexibility index (Phi) is 9.95. The summed E-state index contributed by atoms with van der Waals surface area (Å²) in [7, 11) is 0. The molecule has 1 N–H and O–H groups in total. The highest BCUT2D eigenvalue weighted by atomic mass is 35.5. The van der Waals surface area contributed by atoms with Crippen LogP contribution in [0.3, 0.4) is 0 Å². The number of alkyl halides is 3. The summed E-state index contributed by atoms with van der Waals surface area (Å²) >= 11 is 12.2. The monoisotopic (exact) mass is 618 g/mol. The summed E-state index contributed by atoms with van der Waals surface area (Å²) in [6.07, 6.45) is -0.494. The van der Waals surface area contributed by atoms with Crippen molar-refractivity contribution in [1.82, 2.24) is 9.88 Å². The second kappa shape index (κ2) is 12.4. The number of hydrogen-bond acceptors (Lipinski definition) is 7. The topological polar surface area (TPSA) is 113 Å². The van der Waals surface area contributed by atoms with Crippen molar-refractivity contribution in [3.8, 4) is 0 Å². The summed E-state index contributed by atoms with van der Waals surface area (Å²) in [5, 5.41) is 7.76. The van der Waals surface area contributed by atoms with Crippen LogP contribution in [-0.4, -0.2) is 70.9 Å². The van der Waals surface area contributed by atoms with Gasteiger partial charge in [-0.3, -0.25) is 24.4 Å². The number of halogens is 5. The van der Waals surface area contributed by atoms with Crippen LogP contribution in [0.25, 0.3) is 0 Å². The molecule has 2 bridgehead atoms. The molecule has 13 heteroatoms. The van der Waals surface area contributed by atoms with E-state index in [0.29, 0.717) is 25.5 Å². The van der Waals surface area contributed by atoms with E-state index in [9.17, 15) is 27.6 Å². The number of rotatable bonds is 10. The van der Waals surface area contributed by atoms with Crippen LogP contribution in [0.15, 0.2) is 17.4 Å². The first-order valence-electron chi connectivity index (χ1n) is 13.4. The van der Waals surface area contributed by atoms with E-state index < -0.39 is 52.4 Å². The normalized spacial score (nSPS) is 23.6. The Balaban J connectivity index is 1.96. The highest BCUT2D eigenvalue weighted by molar-refractivity contribution is 6.39. The molecule has 1 aromatic rings. The molecule has 1 heterocycles. The number of fused-ring (bicyclic) bond motifs is 3. The number of ether oxygens (including phenoxy) is 1. The Morgan fingerprint density at radius 1 is 1.10 bits per heavy atom. The zero-order valence-corrected chi connectivity index (χ0v) is 25.0. The van der Waals surface area contributed by atoms with Gasteiger partial charge in [-0.05, 0) is 50.9 Å². The minimum Gasteiger partial charge on any atom is -0.466 e. The lowest BCUT2D eigenvalue weighted by Crippen LogP contribution is -2.52. The number of pyridine rings is 1. The van der Waals surface area contributed by atoms with Crippen molar-refractivity contribution in [3.63, 3.8) is 0 Å². The van der Waals surface area contributed by atoms with Crippen molar-refractivity contribution >= 4 is 52.8 Å². The summed E-state index contributed by atoms with van der Waals surface area (Å²) in [6.45, 7) is 6.53. The Morgan fingerprint density at radius 2 is 1.63 bits per heavy atom. The van der Waals surface area contributed by atoms with Crippen LogP contribution < -0.4 is 0 Å². The van der Waals surface area contributed by atoms with E-state index in [4.69, 9.17) is 33.3 Å². The Labute approximate surface area is 247 Å². The standard InChI is InChI=1S/C28H35Cl2F3N4O4/c1-5-41-24(40)26-6-9-27(10-7-26,11-8-26)36-22(28(31,32)33)17(12-34)23(39)37(16-25(2,3)4)15-20(38)21-18(29)13-35-14-19(21)30/h12-14,17,34H,5-11,15-16H2,1-4H3. The van der Waals surface area contributed by atoms with E-state index in [1.807, 2.05) is 0 Å². The Bertz CT molecular complexity index is 1180. The van der Waals surface area contributed by atoms with E-state index >= 15 is 0 Å². The van der Waals surface area contributed by atoms with Gasteiger partial charge in [0.05, 0.1) is 39.7 Å². The fourth-order valence-corrected chi connectivity index (χ4v) is 6.24. The molecule has 3 fully saturated rings. The van der Waals surface area contributed by atoms with E-state index in [1.54, 1.807) is 27.7 Å². The molecule has 0 radical (unpaired) electrons. The molecule has 1 amide bonds. The minimum atomic E-state index is -5.02. The molecule has 226 valence electrons. The highest BCUT2D eigenvalue weighted by Gasteiger charge is 2.55. The number of esters is 1. The number of carbonyl (C=O) groups is 3. The van der Waals surface area contributed by atoms with Gasteiger partial charge in [0.25, 0.3) is 0 Å². The summed E-state index contributed by atoms with van der Waals surface area (Å²) in [4.78, 5) is 48.4. The first-order chi connectivity index (χ1) is 19.0. The molecule has 41 heavy (non-hydrogen) atoms. The van der Waals surface area contributed by atoms with Gasteiger partial charge in [-0.25, -0.2) is 0 Å². The maximum Gasteiger partial charge on any atom is 0.430 e. The third kappa shape index (κ3) is 7.46. The minimum absolute atomic E-state index is 0.0561. The van der Waals surface area contributed by atoms with Crippen molar-refractivity contribution in [2.75, 3.05) is 19.7 Å². The third-order valence-corrected chi connectivity index (χ3v) is 8.31. The number of carbonyl (C=O) groups excluding carboxylic acids is 3. The SMILES string of the molecule is CCOC(=O)C12CCC(N=C(C(C=N)C(=O)N(CC(=O)c3c(Cl)cncc3Cl)CC(C)(C)C)C(F)(F)F)(CC1)CC2. The zero-order valence-electron chi connectivity index (χ0n) is 23.5. The van der Waals surface area contributed by atoms with E-state index in [0.717, 1.165) is 4.90 Å².